The Morgan fingerprint density at radius 2 is 1.23 bits per heavy atom. The Morgan fingerprint density at radius 3 is 1.80 bits per heavy atom. The average molecular weight is 635 g/mol. The number of phosphoric ester groups is 1. The van der Waals surface area contributed by atoms with Crippen LogP contribution in [0.2, 0.25) is 0 Å². The Hall–Kier alpha value is -2.09. The van der Waals surface area contributed by atoms with Crippen molar-refractivity contribution in [1.82, 2.24) is 0 Å². The molecule has 1 heterocycles. The molecule has 0 amide bonds. The van der Waals surface area contributed by atoms with Crippen molar-refractivity contribution in [3.8, 4) is 0 Å². The number of ether oxygens (including phenoxy) is 2. The molecule has 8 nitrogen and oxygen atoms in total. The van der Waals surface area contributed by atoms with Gasteiger partial charge in [0.1, 0.15) is 12.7 Å². The van der Waals surface area contributed by atoms with Crippen LogP contribution in [0.15, 0.2) is 60.9 Å². The molecule has 0 fully saturated rings. The molecule has 0 aliphatic heterocycles. The summed E-state index contributed by atoms with van der Waals surface area (Å²) in [6.45, 7) is 2.93. The summed E-state index contributed by atoms with van der Waals surface area (Å²) in [7, 11) is -4.34. The van der Waals surface area contributed by atoms with Crippen LogP contribution in [-0.4, -0.2) is 43.4 Å². The first kappa shape index (κ1) is 38.1. The maximum atomic E-state index is 12.6. The van der Waals surface area contributed by atoms with Crippen LogP contribution in [0, 0.1) is 0 Å². The van der Waals surface area contributed by atoms with Crippen LogP contribution in [0.5, 0.6) is 0 Å². The number of hydrogen-bond donors (Lipinski definition) is 1. The summed E-state index contributed by atoms with van der Waals surface area (Å²) < 4.78 is 35.9. The number of carbonyl (C=O) groups is 1. The van der Waals surface area contributed by atoms with Gasteiger partial charge in [0, 0.05) is 18.7 Å². The van der Waals surface area contributed by atoms with Crippen molar-refractivity contribution >= 4 is 13.8 Å². The minimum absolute atomic E-state index is 0.00726. The molecule has 2 unspecified atom stereocenters. The summed E-state index contributed by atoms with van der Waals surface area (Å²) in [5.41, 5.74) is 0.388. The van der Waals surface area contributed by atoms with Crippen molar-refractivity contribution in [2.75, 3.05) is 26.4 Å². The van der Waals surface area contributed by atoms with Crippen molar-refractivity contribution < 1.29 is 37.3 Å². The fraction of sp³-hybridized carbons (Fsp3) is 0.657. The van der Waals surface area contributed by atoms with Gasteiger partial charge in [-0.05, 0) is 18.6 Å². The van der Waals surface area contributed by atoms with E-state index in [9.17, 15) is 14.3 Å². The van der Waals surface area contributed by atoms with Gasteiger partial charge in [-0.3, -0.25) is 9.05 Å². The molecule has 1 N–H and O–H groups in total. The van der Waals surface area contributed by atoms with E-state index in [-0.39, 0.29) is 19.8 Å². The zero-order valence-corrected chi connectivity index (χ0v) is 27.9. The molecular weight excluding hydrogens is 577 g/mol. The third kappa shape index (κ3) is 20.0. The number of aromatic nitrogens is 1. The molecule has 0 spiro atoms. The minimum Gasteiger partial charge on any atom is -0.454 e. The molecule has 0 aliphatic carbocycles. The molecule has 2 atom stereocenters. The predicted molar refractivity (Wildman–Crippen MR) is 174 cm³/mol. The molecule has 2 rings (SSSR count). The normalized spacial score (nSPS) is 13.4. The quantitative estimate of drug-likeness (QED) is 0.0433. The second-order valence-electron chi connectivity index (χ2n) is 11.5. The number of esters is 1. The second-order valence-corrected chi connectivity index (χ2v) is 12.9. The fourth-order valence-electron chi connectivity index (χ4n) is 4.94. The van der Waals surface area contributed by atoms with Crippen molar-refractivity contribution in [2.45, 2.75) is 122 Å². The third-order valence-electron chi connectivity index (χ3n) is 7.53. The molecule has 248 valence electrons. The van der Waals surface area contributed by atoms with Crippen LogP contribution in [0.3, 0.4) is 0 Å². The van der Waals surface area contributed by atoms with Crippen LogP contribution in [0.25, 0.3) is 0 Å². The molecule has 1 aromatic heterocycles. The molecule has 9 heteroatoms. The SMILES string of the molecule is CCCCCCCCCCCCCCCCCCOCC(COP(=O)(O)OCC[n+]1ccccc1)OC(=O)c1ccccc1. The summed E-state index contributed by atoms with van der Waals surface area (Å²) in [5, 5.41) is 0. The highest BCUT2D eigenvalue weighted by molar-refractivity contribution is 7.47. The van der Waals surface area contributed by atoms with Gasteiger partial charge in [-0.2, -0.15) is 0 Å². The van der Waals surface area contributed by atoms with Gasteiger partial charge in [0.15, 0.2) is 18.9 Å². The summed E-state index contributed by atoms with van der Waals surface area (Å²) in [4.78, 5) is 22.7. The number of pyridine rings is 1. The average Bonchev–Trinajstić information content (AvgIpc) is 3.03. The summed E-state index contributed by atoms with van der Waals surface area (Å²) >= 11 is 0. The Balaban J connectivity index is 1.57. The van der Waals surface area contributed by atoms with Crippen LogP contribution in [0.4, 0.5) is 0 Å². The fourth-order valence-corrected chi connectivity index (χ4v) is 5.68. The molecule has 0 aliphatic rings. The highest BCUT2D eigenvalue weighted by Crippen LogP contribution is 2.43. The lowest BCUT2D eigenvalue weighted by atomic mass is 10.0. The number of hydrogen-bond acceptors (Lipinski definition) is 6. The molecular formula is C35H57NO7P+. The maximum Gasteiger partial charge on any atom is 0.472 e. The van der Waals surface area contributed by atoms with Crippen LogP contribution in [-0.2, 0) is 29.6 Å². The summed E-state index contributed by atoms with van der Waals surface area (Å²) in [6.07, 6.45) is 23.7. The monoisotopic (exact) mass is 634 g/mol. The van der Waals surface area contributed by atoms with E-state index < -0.39 is 19.9 Å². The van der Waals surface area contributed by atoms with E-state index in [4.69, 9.17) is 18.5 Å². The maximum absolute atomic E-state index is 12.6. The van der Waals surface area contributed by atoms with E-state index in [0.29, 0.717) is 18.7 Å². The van der Waals surface area contributed by atoms with Gasteiger partial charge in [0.2, 0.25) is 0 Å². The van der Waals surface area contributed by atoms with Gasteiger partial charge in [0.25, 0.3) is 0 Å². The molecule has 1 aromatic carbocycles. The van der Waals surface area contributed by atoms with Crippen LogP contribution >= 0.6 is 7.82 Å². The van der Waals surface area contributed by atoms with E-state index in [1.165, 1.54) is 89.9 Å². The molecule has 0 saturated carbocycles. The number of benzene rings is 1. The van der Waals surface area contributed by atoms with Crippen molar-refractivity contribution in [1.29, 1.82) is 0 Å². The Labute approximate surface area is 266 Å². The first-order chi connectivity index (χ1) is 21.5. The predicted octanol–water partition coefficient (Wildman–Crippen LogP) is 8.61. The van der Waals surface area contributed by atoms with E-state index >= 15 is 0 Å². The molecule has 2 aromatic rings. The molecule has 44 heavy (non-hydrogen) atoms. The van der Waals surface area contributed by atoms with Gasteiger partial charge in [0.05, 0.1) is 18.8 Å². The van der Waals surface area contributed by atoms with Crippen molar-refractivity contribution in [3.05, 3.63) is 66.5 Å². The van der Waals surface area contributed by atoms with E-state index in [1.807, 2.05) is 41.2 Å². The lowest BCUT2D eigenvalue weighted by molar-refractivity contribution is -0.697. The van der Waals surface area contributed by atoms with E-state index in [1.54, 1.807) is 24.3 Å². The molecule has 0 bridgehead atoms. The van der Waals surface area contributed by atoms with Gasteiger partial charge >= 0.3 is 13.8 Å². The zero-order chi connectivity index (χ0) is 31.6. The summed E-state index contributed by atoms with van der Waals surface area (Å²) in [6, 6.07) is 14.2. The standard InChI is InChI=1S/C35H56NO7P/c1-2-3-4-5-6-7-8-9-10-11-12-13-14-15-16-23-29-40-31-34(43-35(37)33-24-19-17-20-25-33)32-42-44(38,39)41-30-28-36-26-21-18-22-27-36/h17-22,24-27,34H,2-16,23,28-32H2,1H3/p+1. The van der Waals surface area contributed by atoms with Gasteiger partial charge in [-0.25, -0.2) is 13.9 Å². The highest BCUT2D eigenvalue weighted by atomic mass is 31.2. The second kappa shape index (κ2) is 25.1. The van der Waals surface area contributed by atoms with Crippen LogP contribution in [0.1, 0.15) is 120 Å². The largest absolute Gasteiger partial charge is 0.472 e. The number of phosphoric acid groups is 1. The van der Waals surface area contributed by atoms with Gasteiger partial charge in [-0.15, -0.1) is 0 Å². The minimum atomic E-state index is -4.34. The van der Waals surface area contributed by atoms with Gasteiger partial charge < -0.3 is 14.4 Å². The van der Waals surface area contributed by atoms with E-state index in [0.717, 1.165) is 12.8 Å². The first-order valence-corrected chi connectivity index (χ1v) is 18.4. The number of unbranched alkanes of at least 4 members (excludes halogenated alkanes) is 15. The Morgan fingerprint density at radius 1 is 0.705 bits per heavy atom. The Bertz CT molecular complexity index is 1010. The number of nitrogens with zero attached hydrogens (tertiary/aromatic N) is 1. The van der Waals surface area contributed by atoms with Crippen LogP contribution < -0.4 is 4.57 Å². The zero-order valence-electron chi connectivity index (χ0n) is 27.0. The van der Waals surface area contributed by atoms with Gasteiger partial charge in [-0.1, -0.05) is 128 Å². The first-order valence-electron chi connectivity index (χ1n) is 16.9. The molecule has 0 radical (unpaired) electrons. The lowest BCUT2D eigenvalue weighted by Gasteiger charge is -2.20. The highest BCUT2D eigenvalue weighted by Gasteiger charge is 2.26. The summed E-state index contributed by atoms with van der Waals surface area (Å²) in [5.74, 6) is -0.542. The smallest absolute Gasteiger partial charge is 0.454 e. The number of carbonyl (C=O) groups excluding carboxylic acids is 1. The number of rotatable bonds is 28. The lowest BCUT2D eigenvalue weighted by Crippen LogP contribution is -2.34. The third-order valence-corrected chi connectivity index (χ3v) is 8.52. The van der Waals surface area contributed by atoms with Crippen molar-refractivity contribution in [2.24, 2.45) is 0 Å². The Kier molecular flexibility index (Phi) is 21.8. The van der Waals surface area contributed by atoms with Crippen molar-refractivity contribution in [3.63, 3.8) is 0 Å². The topological polar surface area (TPSA) is 95.2 Å². The molecule has 0 saturated heterocycles. The van der Waals surface area contributed by atoms with E-state index in [2.05, 4.69) is 6.92 Å².